The maximum atomic E-state index is 12.6. The molecule has 4 heteroatoms. The lowest BCUT2D eigenvalue weighted by atomic mass is 10.0. The molecule has 1 unspecified atom stereocenters. The molecule has 0 aliphatic rings. The number of benzene rings is 2. The van der Waals surface area contributed by atoms with E-state index >= 15 is 0 Å². The molecule has 0 fully saturated rings. The van der Waals surface area contributed by atoms with Crippen molar-refractivity contribution in [3.63, 3.8) is 0 Å². The molecule has 0 heterocycles. The Bertz CT molecular complexity index is 656. The highest BCUT2D eigenvalue weighted by molar-refractivity contribution is 5.81. The number of nitrogens with two attached hydrogens (primary N) is 1. The van der Waals surface area contributed by atoms with Gasteiger partial charge in [-0.05, 0) is 37.5 Å². The van der Waals surface area contributed by atoms with Crippen molar-refractivity contribution in [3.8, 4) is 5.75 Å². The van der Waals surface area contributed by atoms with Gasteiger partial charge in [-0.3, -0.25) is 4.79 Å². The van der Waals surface area contributed by atoms with Crippen LogP contribution in [0.3, 0.4) is 0 Å². The fourth-order valence-corrected chi connectivity index (χ4v) is 2.79. The summed E-state index contributed by atoms with van der Waals surface area (Å²) in [5.41, 5.74) is 8.04. The Kier molecular flexibility index (Phi) is 6.38. The topological polar surface area (TPSA) is 55.6 Å². The Morgan fingerprint density at radius 1 is 1.08 bits per heavy atom. The smallest absolute Gasteiger partial charge is 0.239 e. The highest BCUT2D eigenvalue weighted by Gasteiger charge is 2.24. The summed E-state index contributed by atoms with van der Waals surface area (Å²) >= 11 is 0. The molecular weight excluding hydrogens is 300 g/mol. The number of ether oxygens (including phenoxy) is 1. The summed E-state index contributed by atoms with van der Waals surface area (Å²) in [5.74, 6) is 0.804. The molecular formula is C20H26N2O2. The van der Waals surface area contributed by atoms with E-state index in [9.17, 15) is 4.79 Å². The van der Waals surface area contributed by atoms with Crippen molar-refractivity contribution >= 4 is 5.91 Å². The predicted octanol–water partition coefficient (Wildman–Crippen LogP) is 3.00. The van der Waals surface area contributed by atoms with Gasteiger partial charge < -0.3 is 15.4 Å². The fourth-order valence-electron chi connectivity index (χ4n) is 2.79. The summed E-state index contributed by atoms with van der Waals surface area (Å²) in [6, 6.07) is 17.4. The van der Waals surface area contributed by atoms with Gasteiger partial charge in [0.25, 0.3) is 0 Å². The van der Waals surface area contributed by atoms with Gasteiger partial charge in [0.05, 0.1) is 13.2 Å². The molecule has 24 heavy (non-hydrogen) atoms. The van der Waals surface area contributed by atoms with Crippen LogP contribution >= 0.6 is 0 Å². The monoisotopic (exact) mass is 326 g/mol. The van der Waals surface area contributed by atoms with Crippen molar-refractivity contribution < 1.29 is 9.53 Å². The number of nitrogens with zero attached hydrogens (tertiary/aromatic N) is 1. The largest absolute Gasteiger partial charge is 0.496 e. The third-order valence-corrected chi connectivity index (χ3v) is 4.11. The molecule has 2 rings (SSSR count). The van der Waals surface area contributed by atoms with E-state index in [1.54, 1.807) is 14.0 Å². The molecule has 2 N–H and O–H groups in total. The maximum absolute atomic E-state index is 12.6. The fraction of sp³-hybridized carbons (Fsp3) is 0.350. The second kappa shape index (κ2) is 8.50. The normalized spacial score (nSPS) is 13.2. The van der Waals surface area contributed by atoms with Crippen LogP contribution < -0.4 is 10.5 Å². The Hall–Kier alpha value is -2.33. The molecule has 0 radical (unpaired) electrons. The van der Waals surface area contributed by atoms with Crippen molar-refractivity contribution in [2.75, 3.05) is 7.11 Å². The van der Waals surface area contributed by atoms with Gasteiger partial charge in [-0.15, -0.1) is 0 Å². The van der Waals surface area contributed by atoms with E-state index in [4.69, 9.17) is 10.5 Å². The zero-order valence-corrected chi connectivity index (χ0v) is 14.6. The van der Waals surface area contributed by atoms with Crippen LogP contribution in [0.5, 0.6) is 5.75 Å². The van der Waals surface area contributed by atoms with Crippen molar-refractivity contribution in [3.05, 3.63) is 65.7 Å². The molecule has 0 saturated heterocycles. The summed E-state index contributed by atoms with van der Waals surface area (Å²) in [4.78, 5) is 14.5. The van der Waals surface area contributed by atoms with E-state index in [-0.39, 0.29) is 11.9 Å². The Morgan fingerprint density at radius 3 is 2.33 bits per heavy atom. The zero-order chi connectivity index (χ0) is 17.5. The zero-order valence-electron chi connectivity index (χ0n) is 14.6. The van der Waals surface area contributed by atoms with Crippen molar-refractivity contribution in [2.24, 2.45) is 5.73 Å². The molecule has 2 aromatic carbocycles. The first-order valence-electron chi connectivity index (χ1n) is 8.24. The van der Waals surface area contributed by atoms with Gasteiger partial charge in [-0.1, -0.05) is 48.5 Å². The number of rotatable bonds is 7. The van der Waals surface area contributed by atoms with Crippen LogP contribution in [0, 0.1) is 0 Å². The van der Waals surface area contributed by atoms with E-state index in [0.29, 0.717) is 6.54 Å². The number of amides is 1. The Balaban J connectivity index is 2.20. The summed E-state index contributed by atoms with van der Waals surface area (Å²) in [6.45, 7) is 4.34. The standard InChI is InChI=1S/C20H26N2O2/c1-15(13-18-11-7-8-12-19(18)24-3)22(20(23)16(2)21)14-17-9-5-4-6-10-17/h4-12,15-16H,13-14,21H2,1-3H3/t15?,16-/m0/s1. The maximum Gasteiger partial charge on any atom is 0.239 e. The highest BCUT2D eigenvalue weighted by atomic mass is 16.5. The van der Waals surface area contributed by atoms with Crippen LogP contribution in [-0.2, 0) is 17.8 Å². The van der Waals surface area contributed by atoms with E-state index in [1.165, 1.54) is 0 Å². The molecule has 4 nitrogen and oxygen atoms in total. The lowest BCUT2D eigenvalue weighted by Gasteiger charge is -2.31. The third-order valence-electron chi connectivity index (χ3n) is 4.11. The Morgan fingerprint density at radius 2 is 1.71 bits per heavy atom. The van der Waals surface area contributed by atoms with Gasteiger partial charge in [-0.25, -0.2) is 0 Å². The summed E-state index contributed by atoms with van der Waals surface area (Å²) in [6.07, 6.45) is 0.718. The quantitative estimate of drug-likeness (QED) is 0.851. The van der Waals surface area contributed by atoms with Crippen LogP contribution in [-0.4, -0.2) is 30.0 Å². The molecule has 0 aromatic heterocycles. The van der Waals surface area contributed by atoms with Gasteiger partial charge in [0.1, 0.15) is 5.75 Å². The molecule has 0 bridgehead atoms. The summed E-state index contributed by atoms with van der Waals surface area (Å²) in [5, 5.41) is 0. The number of methoxy groups -OCH3 is 1. The highest BCUT2D eigenvalue weighted by Crippen LogP contribution is 2.21. The van der Waals surface area contributed by atoms with Crippen LogP contribution in [0.15, 0.2) is 54.6 Å². The lowest BCUT2D eigenvalue weighted by molar-refractivity contribution is -0.134. The predicted molar refractivity (Wildman–Crippen MR) is 96.8 cm³/mol. The number of hydrogen-bond donors (Lipinski definition) is 1. The van der Waals surface area contributed by atoms with Crippen molar-refractivity contribution in [2.45, 2.75) is 38.9 Å². The molecule has 0 aliphatic carbocycles. The summed E-state index contributed by atoms with van der Waals surface area (Å²) in [7, 11) is 1.67. The molecule has 0 aliphatic heterocycles. The first-order valence-corrected chi connectivity index (χ1v) is 8.24. The van der Waals surface area contributed by atoms with E-state index in [1.807, 2.05) is 59.5 Å². The minimum atomic E-state index is -0.520. The first kappa shape index (κ1) is 18.0. The average Bonchev–Trinajstić information content (AvgIpc) is 2.60. The third kappa shape index (κ3) is 4.59. The van der Waals surface area contributed by atoms with Gasteiger partial charge >= 0.3 is 0 Å². The molecule has 0 spiro atoms. The number of carbonyl (C=O) groups is 1. The van der Waals surface area contributed by atoms with Gasteiger partial charge in [0.15, 0.2) is 0 Å². The van der Waals surface area contributed by atoms with Crippen LogP contribution in [0.4, 0.5) is 0 Å². The molecule has 0 saturated carbocycles. The average molecular weight is 326 g/mol. The van der Waals surface area contributed by atoms with Crippen molar-refractivity contribution in [1.82, 2.24) is 4.90 Å². The SMILES string of the molecule is COc1ccccc1CC(C)N(Cc1ccccc1)C(=O)[C@H](C)N. The lowest BCUT2D eigenvalue weighted by Crippen LogP contribution is -2.46. The van der Waals surface area contributed by atoms with Crippen LogP contribution in [0.2, 0.25) is 0 Å². The van der Waals surface area contributed by atoms with Gasteiger partial charge in [0.2, 0.25) is 5.91 Å². The number of carbonyl (C=O) groups excluding carboxylic acids is 1. The van der Waals surface area contributed by atoms with Crippen LogP contribution in [0.25, 0.3) is 0 Å². The molecule has 2 aromatic rings. The summed E-state index contributed by atoms with van der Waals surface area (Å²) < 4.78 is 5.42. The minimum absolute atomic E-state index is 0.0139. The second-order valence-corrected chi connectivity index (χ2v) is 6.11. The van der Waals surface area contributed by atoms with E-state index in [0.717, 1.165) is 23.3 Å². The van der Waals surface area contributed by atoms with Crippen LogP contribution in [0.1, 0.15) is 25.0 Å². The Labute approximate surface area is 144 Å². The molecule has 1 amide bonds. The van der Waals surface area contributed by atoms with Gasteiger partial charge in [0, 0.05) is 12.6 Å². The van der Waals surface area contributed by atoms with E-state index in [2.05, 4.69) is 6.92 Å². The molecule has 2 atom stereocenters. The van der Waals surface area contributed by atoms with Gasteiger partial charge in [-0.2, -0.15) is 0 Å². The second-order valence-electron chi connectivity index (χ2n) is 6.11. The van der Waals surface area contributed by atoms with Crippen molar-refractivity contribution in [1.29, 1.82) is 0 Å². The molecule has 128 valence electrons. The number of hydrogen-bond acceptors (Lipinski definition) is 3. The first-order chi connectivity index (χ1) is 11.5. The number of para-hydroxylation sites is 1. The van der Waals surface area contributed by atoms with E-state index < -0.39 is 6.04 Å². The minimum Gasteiger partial charge on any atom is -0.496 e.